The summed E-state index contributed by atoms with van der Waals surface area (Å²) in [7, 11) is 0. The summed E-state index contributed by atoms with van der Waals surface area (Å²) < 4.78 is 5.89. The van der Waals surface area contributed by atoms with E-state index in [1.807, 2.05) is 6.07 Å². The number of ether oxygens (including phenoxy) is 1. The number of carbonyl (C=O) groups excluding carboxylic acids is 2. The van der Waals surface area contributed by atoms with Crippen molar-refractivity contribution in [1.29, 1.82) is 0 Å². The van der Waals surface area contributed by atoms with Crippen LogP contribution in [-0.4, -0.2) is 23.4 Å². The number of thiophene rings is 1. The molecule has 0 saturated carbocycles. The fraction of sp³-hybridized carbons (Fsp3) is 0.111. The highest BCUT2D eigenvalue weighted by molar-refractivity contribution is 7.20. The van der Waals surface area contributed by atoms with E-state index in [2.05, 4.69) is 5.32 Å². The van der Waals surface area contributed by atoms with E-state index in [1.54, 1.807) is 25.1 Å². The fourth-order valence-electron chi connectivity index (χ4n) is 2.36. The number of carbonyl (C=O) groups is 2. The first-order valence-electron chi connectivity index (χ1n) is 7.74. The van der Waals surface area contributed by atoms with E-state index in [0.29, 0.717) is 22.7 Å². The molecule has 0 radical (unpaired) electrons. The molecule has 1 heterocycles. The van der Waals surface area contributed by atoms with Gasteiger partial charge in [-0.15, -0.1) is 11.3 Å². The van der Waals surface area contributed by atoms with Gasteiger partial charge in [0.2, 0.25) is 0 Å². The van der Waals surface area contributed by atoms with Crippen LogP contribution in [0.15, 0.2) is 48.5 Å². The molecule has 3 rings (SSSR count). The Morgan fingerprint density at radius 3 is 2.54 bits per heavy atom. The highest BCUT2D eigenvalue weighted by Crippen LogP contribution is 2.29. The fourth-order valence-corrected chi connectivity index (χ4v) is 3.30. The number of nitro groups is 1. The summed E-state index contributed by atoms with van der Waals surface area (Å²) in [5.74, 6) is -0.745. The number of nitrogens with one attached hydrogen (secondary N) is 1. The third kappa shape index (κ3) is 3.70. The van der Waals surface area contributed by atoms with Gasteiger partial charge in [-0.1, -0.05) is 0 Å². The Hall–Kier alpha value is -3.26. The first kappa shape index (κ1) is 17.6. The second kappa shape index (κ2) is 7.32. The Morgan fingerprint density at radius 2 is 1.88 bits per heavy atom. The van der Waals surface area contributed by atoms with Gasteiger partial charge >= 0.3 is 5.97 Å². The van der Waals surface area contributed by atoms with E-state index in [4.69, 9.17) is 4.74 Å². The van der Waals surface area contributed by atoms with E-state index in [0.717, 1.165) is 10.1 Å². The minimum atomic E-state index is -0.521. The number of amides is 1. The lowest BCUT2D eigenvalue weighted by Gasteiger charge is -2.05. The third-order valence-electron chi connectivity index (χ3n) is 3.59. The largest absolute Gasteiger partial charge is 0.462 e. The summed E-state index contributed by atoms with van der Waals surface area (Å²) >= 11 is 1.32. The number of benzene rings is 2. The highest BCUT2D eigenvalue weighted by Gasteiger charge is 2.13. The van der Waals surface area contributed by atoms with Crippen molar-refractivity contribution in [2.24, 2.45) is 0 Å². The lowest BCUT2D eigenvalue weighted by molar-refractivity contribution is -0.384. The second-order valence-corrected chi connectivity index (χ2v) is 6.43. The standard InChI is InChI=1S/C18H14N2O5S/c1-2-25-18(22)16-10-12-9-13(5-8-15(12)26-16)19-17(21)11-3-6-14(7-4-11)20(23)24/h3-10H,2H2,1H3,(H,19,21). The molecule has 0 unspecified atom stereocenters. The minimum absolute atomic E-state index is 0.0762. The van der Waals surface area contributed by atoms with Crippen LogP contribution in [0.1, 0.15) is 27.0 Å². The Kier molecular flexibility index (Phi) is 4.94. The summed E-state index contributed by atoms with van der Waals surface area (Å²) in [6.07, 6.45) is 0. The number of nitrogens with zero attached hydrogens (tertiary/aromatic N) is 1. The lowest BCUT2D eigenvalue weighted by Crippen LogP contribution is -2.11. The van der Waals surface area contributed by atoms with Crippen molar-refractivity contribution in [3.8, 4) is 0 Å². The molecule has 1 amide bonds. The maximum Gasteiger partial charge on any atom is 0.348 e. The van der Waals surface area contributed by atoms with Crippen molar-refractivity contribution in [3.63, 3.8) is 0 Å². The van der Waals surface area contributed by atoms with E-state index in [1.165, 1.54) is 35.6 Å². The molecule has 0 saturated heterocycles. The van der Waals surface area contributed by atoms with Gasteiger partial charge in [-0.05, 0) is 48.7 Å². The number of hydrogen-bond acceptors (Lipinski definition) is 6. The number of fused-ring (bicyclic) bond motifs is 1. The number of anilines is 1. The van der Waals surface area contributed by atoms with Crippen LogP contribution in [-0.2, 0) is 4.74 Å². The molecule has 1 N–H and O–H groups in total. The summed E-state index contributed by atoms with van der Waals surface area (Å²) in [4.78, 5) is 34.7. The molecule has 8 heteroatoms. The average molecular weight is 370 g/mol. The quantitative estimate of drug-likeness (QED) is 0.411. The normalized spacial score (nSPS) is 10.5. The molecular formula is C18H14N2O5S. The number of esters is 1. The summed E-state index contributed by atoms with van der Waals surface area (Å²) in [5, 5.41) is 14.2. The van der Waals surface area contributed by atoms with E-state index >= 15 is 0 Å². The first-order chi connectivity index (χ1) is 12.5. The molecule has 0 aliphatic carbocycles. The smallest absolute Gasteiger partial charge is 0.348 e. The number of non-ortho nitro benzene ring substituents is 1. The summed E-state index contributed by atoms with van der Waals surface area (Å²) in [5.41, 5.74) is 0.801. The molecule has 3 aromatic rings. The van der Waals surface area contributed by atoms with Crippen molar-refractivity contribution in [2.75, 3.05) is 11.9 Å². The van der Waals surface area contributed by atoms with Gasteiger partial charge in [0, 0.05) is 28.1 Å². The lowest BCUT2D eigenvalue weighted by atomic mass is 10.2. The predicted molar refractivity (Wildman–Crippen MR) is 98.8 cm³/mol. The second-order valence-electron chi connectivity index (χ2n) is 5.34. The van der Waals surface area contributed by atoms with Gasteiger partial charge in [-0.25, -0.2) is 4.79 Å². The van der Waals surface area contributed by atoms with E-state index in [-0.39, 0.29) is 17.6 Å². The van der Waals surface area contributed by atoms with Gasteiger partial charge in [-0.2, -0.15) is 0 Å². The zero-order valence-corrected chi connectivity index (χ0v) is 14.5. The van der Waals surface area contributed by atoms with Crippen LogP contribution in [0.3, 0.4) is 0 Å². The van der Waals surface area contributed by atoms with Gasteiger partial charge < -0.3 is 10.1 Å². The average Bonchev–Trinajstić information content (AvgIpc) is 3.05. The van der Waals surface area contributed by atoms with Crippen molar-refractivity contribution in [1.82, 2.24) is 0 Å². The molecule has 7 nitrogen and oxygen atoms in total. The van der Waals surface area contributed by atoms with Crippen molar-refractivity contribution >= 4 is 44.7 Å². The molecule has 132 valence electrons. The van der Waals surface area contributed by atoms with Crippen LogP contribution in [0.4, 0.5) is 11.4 Å². The number of rotatable bonds is 5. The molecule has 0 aliphatic rings. The number of hydrogen-bond donors (Lipinski definition) is 1. The van der Waals surface area contributed by atoms with Crippen molar-refractivity contribution in [3.05, 3.63) is 69.1 Å². The van der Waals surface area contributed by atoms with Gasteiger partial charge in [0.1, 0.15) is 4.88 Å². The molecule has 26 heavy (non-hydrogen) atoms. The van der Waals surface area contributed by atoms with Crippen LogP contribution in [0, 0.1) is 10.1 Å². The minimum Gasteiger partial charge on any atom is -0.462 e. The molecule has 0 fully saturated rings. The molecule has 0 aliphatic heterocycles. The molecule has 2 aromatic carbocycles. The third-order valence-corrected chi connectivity index (χ3v) is 4.69. The van der Waals surface area contributed by atoms with Gasteiger partial charge in [0.15, 0.2) is 0 Å². The van der Waals surface area contributed by atoms with Crippen LogP contribution in [0.5, 0.6) is 0 Å². The Balaban J connectivity index is 1.78. The van der Waals surface area contributed by atoms with Crippen LogP contribution < -0.4 is 5.32 Å². The van der Waals surface area contributed by atoms with E-state index in [9.17, 15) is 19.7 Å². The predicted octanol–water partition coefficient (Wildman–Crippen LogP) is 4.24. The zero-order valence-electron chi connectivity index (χ0n) is 13.7. The Labute approximate surface area is 152 Å². The monoisotopic (exact) mass is 370 g/mol. The van der Waals surface area contributed by atoms with Gasteiger partial charge in [0.25, 0.3) is 11.6 Å². The van der Waals surface area contributed by atoms with Crippen molar-refractivity contribution in [2.45, 2.75) is 6.92 Å². The van der Waals surface area contributed by atoms with Crippen molar-refractivity contribution < 1.29 is 19.2 Å². The first-order valence-corrected chi connectivity index (χ1v) is 8.56. The van der Waals surface area contributed by atoms with Crippen LogP contribution >= 0.6 is 11.3 Å². The summed E-state index contributed by atoms with van der Waals surface area (Å²) in [6.45, 7) is 2.06. The van der Waals surface area contributed by atoms with E-state index < -0.39 is 4.92 Å². The molecule has 0 bridgehead atoms. The number of nitro benzene ring substituents is 1. The highest BCUT2D eigenvalue weighted by atomic mass is 32.1. The maximum atomic E-state index is 12.3. The van der Waals surface area contributed by atoms with Gasteiger partial charge in [-0.3, -0.25) is 14.9 Å². The van der Waals surface area contributed by atoms with Crippen LogP contribution in [0.25, 0.3) is 10.1 Å². The SMILES string of the molecule is CCOC(=O)c1cc2cc(NC(=O)c3ccc([N+](=O)[O-])cc3)ccc2s1. The molecule has 0 spiro atoms. The summed E-state index contributed by atoms with van der Waals surface area (Å²) in [6, 6.07) is 12.4. The van der Waals surface area contributed by atoms with Crippen LogP contribution in [0.2, 0.25) is 0 Å². The Morgan fingerprint density at radius 1 is 1.15 bits per heavy atom. The maximum absolute atomic E-state index is 12.3. The molecule has 0 atom stereocenters. The zero-order chi connectivity index (χ0) is 18.7. The molecule has 1 aromatic heterocycles. The van der Waals surface area contributed by atoms with Gasteiger partial charge in [0.05, 0.1) is 11.5 Å². The molecular weight excluding hydrogens is 356 g/mol. The topological polar surface area (TPSA) is 98.5 Å². The Bertz CT molecular complexity index is 994.